The van der Waals surface area contributed by atoms with Gasteiger partial charge < -0.3 is 0 Å². The van der Waals surface area contributed by atoms with E-state index in [-0.39, 0.29) is 24.0 Å². The van der Waals surface area contributed by atoms with E-state index in [1.807, 2.05) is 0 Å². The summed E-state index contributed by atoms with van der Waals surface area (Å²) in [5.74, 6) is -0.849. The molecular weight excluding hydrogens is 440 g/mol. The Bertz CT molecular complexity index is 1130. The van der Waals surface area contributed by atoms with E-state index in [2.05, 4.69) is 10.3 Å². The first-order chi connectivity index (χ1) is 14.9. The van der Waals surface area contributed by atoms with E-state index in [9.17, 15) is 36.4 Å². The highest BCUT2D eigenvalue weighted by Gasteiger charge is 2.33. The number of anilines is 1. The second-order valence-corrected chi connectivity index (χ2v) is 6.33. The molecule has 166 valence electrons. The lowest BCUT2D eigenvalue weighted by molar-refractivity contribution is -0.138. The monoisotopic (exact) mass is 453 g/mol. The predicted molar refractivity (Wildman–Crippen MR) is 99.2 cm³/mol. The number of hydrogen-bond acceptors (Lipinski definition) is 5. The molecule has 2 aromatic rings. The standard InChI is InChI=1S/C20H13F6N5O/c1-2-3-18(32)31(17-9-15(20(24,25)26)7-5-13(17)11-28)30-29-16-8-14(19(21,22)23)6-4-12(16)10-27/h4-9H,2-3H2,1H3/b30-29+. The molecule has 0 aliphatic rings. The summed E-state index contributed by atoms with van der Waals surface area (Å²) in [6.45, 7) is 1.60. The number of halogens is 6. The average Bonchev–Trinajstić information content (AvgIpc) is 2.72. The second kappa shape index (κ2) is 9.47. The van der Waals surface area contributed by atoms with Gasteiger partial charge in [0.25, 0.3) is 0 Å². The van der Waals surface area contributed by atoms with Crippen LogP contribution in [-0.4, -0.2) is 5.91 Å². The molecule has 0 aliphatic carbocycles. The number of rotatable bonds is 5. The molecule has 32 heavy (non-hydrogen) atoms. The fourth-order valence-electron chi connectivity index (χ4n) is 2.51. The molecular formula is C20H13F6N5O. The molecule has 0 spiro atoms. The summed E-state index contributed by atoms with van der Waals surface area (Å²) in [7, 11) is 0. The summed E-state index contributed by atoms with van der Waals surface area (Å²) >= 11 is 0. The van der Waals surface area contributed by atoms with Crippen LogP contribution in [0.4, 0.5) is 37.7 Å². The van der Waals surface area contributed by atoms with Crippen LogP contribution in [0, 0.1) is 22.7 Å². The van der Waals surface area contributed by atoms with E-state index in [4.69, 9.17) is 5.26 Å². The van der Waals surface area contributed by atoms with Crippen molar-refractivity contribution >= 4 is 17.3 Å². The van der Waals surface area contributed by atoms with Gasteiger partial charge in [-0.05, 0) is 42.8 Å². The molecule has 12 heteroatoms. The maximum absolute atomic E-state index is 13.1. The first-order valence-electron chi connectivity index (χ1n) is 8.89. The summed E-state index contributed by atoms with van der Waals surface area (Å²) < 4.78 is 78.4. The van der Waals surface area contributed by atoms with Crippen LogP contribution in [0.25, 0.3) is 0 Å². The van der Waals surface area contributed by atoms with Crippen molar-refractivity contribution in [1.82, 2.24) is 0 Å². The Balaban J connectivity index is 2.65. The van der Waals surface area contributed by atoms with Gasteiger partial charge in [-0.15, -0.1) is 5.11 Å². The third kappa shape index (κ3) is 5.60. The molecule has 0 saturated carbocycles. The minimum Gasteiger partial charge on any atom is -0.273 e. The predicted octanol–water partition coefficient (Wildman–Crippen LogP) is 6.30. The van der Waals surface area contributed by atoms with Crippen LogP contribution < -0.4 is 5.01 Å². The van der Waals surface area contributed by atoms with Crippen molar-refractivity contribution in [2.45, 2.75) is 32.1 Å². The van der Waals surface area contributed by atoms with Gasteiger partial charge in [-0.2, -0.15) is 41.9 Å². The molecule has 0 unspecified atom stereocenters. The number of hydrogen-bond donors (Lipinski definition) is 0. The number of benzene rings is 2. The molecule has 2 rings (SSSR count). The van der Waals surface area contributed by atoms with E-state index in [1.165, 1.54) is 0 Å². The van der Waals surface area contributed by atoms with Crippen molar-refractivity contribution in [3.8, 4) is 12.1 Å². The Morgan fingerprint density at radius 2 is 1.47 bits per heavy atom. The molecule has 0 radical (unpaired) electrons. The lowest BCUT2D eigenvalue weighted by atomic mass is 10.1. The Morgan fingerprint density at radius 1 is 0.938 bits per heavy atom. The molecule has 6 nitrogen and oxygen atoms in total. The van der Waals surface area contributed by atoms with Gasteiger partial charge in [0.2, 0.25) is 5.91 Å². The highest BCUT2D eigenvalue weighted by atomic mass is 19.4. The third-order valence-corrected chi connectivity index (χ3v) is 4.06. The second-order valence-electron chi connectivity index (χ2n) is 6.33. The minimum atomic E-state index is -4.80. The molecule has 0 atom stereocenters. The Hall–Kier alpha value is -3.93. The number of nitrogens with zero attached hydrogens (tertiary/aromatic N) is 5. The van der Waals surface area contributed by atoms with Crippen molar-refractivity contribution in [3.05, 3.63) is 58.7 Å². The van der Waals surface area contributed by atoms with Gasteiger partial charge >= 0.3 is 12.4 Å². The highest BCUT2D eigenvalue weighted by molar-refractivity contribution is 5.94. The maximum Gasteiger partial charge on any atom is 0.416 e. The van der Waals surface area contributed by atoms with Gasteiger partial charge in [-0.1, -0.05) is 12.1 Å². The molecule has 0 aromatic heterocycles. The highest BCUT2D eigenvalue weighted by Crippen LogP contribution is 2.35. The third-order valence-electron chi connectivity index (χ3n) is 4.06. The van der Waals surface area contributed by atoms with Crippen molar-refractivity contribution in [1.29, 1.82) is 10.5 Å². The quantitative estimate of drug-likeness (QED) is 0.302. The summed E-state index contributed by atoms with van der Waals surface area (Å²) in [4.78, 5) is 12.5. The average molecular weight is 453 g/mol. The molecule has 0 saturated heterocycles. The Morgan fingerprint density at radius 3 is 1.97 bits per heavy atom. The zero-order valence-corrected chi connectivity index (χ0v) is 16.3. The van der Waals surface area contributed by atoms with Gasteiger partial charge in [0.1, 0.15) is 17.8 Å². The van der Waals surface area contributed by atoms with E-state index >= 15 is 0 Å². The number of carbonyl (C=O) groups excluding carboxylic acids is 1. The lowest BCUT2D eigenvalue weighted by Crippen LogP contribution is -2.26. The zero-order valence-electron chi connectivity index (χ0n) is 16.3. The molecule has 0 fully saturated rings. The molecule has 2 aromatic carbocycles. The summed E-state index contributed by atoms with van der Waals surface area (Å²) in [6.07, 6.45) is -9.49. The smallest absolute Gasteiger partial charge is 0.273 e. The van der Waals surface area contributed by atoms with Crippen LogP contribution in [0.1, 0.15) is 42.0 Å². The Kier molecular flexibility index (Phi) is 7.21. The van der Waals surface area contributed by atoms with Gasteiger partial charge in [-0.3, -0.25) is 4.79 Å². The SMILES string of the molecule is CCCC(=O)N(/N=N/c1cc(C(F)(F)F)ccc1C#N)c1cc(C(F)(F)F)ccc1C#N. The van der Waals surface area contributed by atoms with E-state index < -0.39 is 40.8 Å². The number of amides is 1. The minimum absolute atomic E-state index is 0.201. The summed E-state index contributed by atoms with van der Waals surface area (Å²) in [5, 5.41) is 25.8. The summed E-state index contributed by atoms with van der Waals surface area (Å²) in [5.41, 5.74) is -4.07. The van der Waals surface area contributed by atoms with Gasteiger partial charge in [0.05, 0.1) is 27.9 Å². The van der Waals surface area contributed by atoms with E-state index in [1.54, 1.807) is 19.1 Å². The van der Waals surface area contributed by atoms with Crippen LogP contribution in [0.2, 0.25) is 0 Å². The van der Waals surface area contributed by atoms with Crippen molar-refractivity contribution < 1.29 is 31.1 Å². The molecule has 0 aliphatic heterocycles. The zero-order chi connectivity index (χ0) is 24.1. The van der Waals surface area contributed by atoms with E-state index in [0.29, 0.717) is 29.3 Å². The largest absolute Gasteiger partial charge is 0.416 e. The first kappa shape index (κ1) is 24.3. The fourth-order valence-corrected chi connectivity index (χ4v) is 2.51. The Labute approximate surface area is 178 Å². The van der Waals surface area contributed by atoms with Crippen LogP contribution in [-0.2, 0) is 17.1 Å². The molecule has 0 heterocycles. The molecule has 0 bridgehead atoms. The lowest BCUT2D eigenvalue weighted by Gasteiger charge is -2.18. The van der Waals surface area contributed by atoms with Gasteiger partial charge in [0.15, 0.2) is 0 Å². The number of nitriles is 2. The van der Waals surface area contributed by atoms with Gasteiger partial charge in [-0.25, -0.2) is 0 Å². The summed E-state index contributed by atoms with van der Waals surface area (Å²) in [6, 6.07) is 7.27. The van der Waals surface area contributed by atoms with Crippen LogP contribution >= 0.6 is 0 Å². The topological polar surface area (TPSA) is 92.6 Å². The van der Waals surface area contributed by atoms with Crippen LogP contribution in [0.3, 0.4) is 0 Å². The van der Waals surface area contributed by atoms with Crippen molar-refractivity contribution in [2.24, 2.45) is 10.3 Å². The number of carbonyl (C=O) groups is 1. The van der Waals surface area contributed by atoms with Crippen molar-refractivity contribution in [3.63, 3.8) is 0 Å². The van der Waals surface area contributed by atoms with Crippen LogP contribution in [0.15, 0.2) is 46.7 Å². The molecule has 1 amide bonds. The normalized spacial score (nSPS) is 11.8. The fraction of sp³-hybridized carbons (Fsp3) is 0.250. The van der Waals surface area contributed by atoms with Crippen molar-refractivity contribution in [2.75, 3.05) is 5.01 Å². The first-order valence-corrected chi connectivity index (χ1v) is 8.89. The molecule has 0 N–H and O–H groups in total. The van der Waals surface area contributed by atoms with E-state index in [0.717, 1.165) is 12.1 Å². The van der Waals surface area contributed by atoms with Gasteiger partial charge in [0, 0.05) is 6.42 Å². The maximum atomic E-state index is 13.1. The number of alkyl halides is 6. The van der Waals surface area contributed by atoms with Crippen LogP contribution in [0.5, 0.6) is 0 Å².